The van der Waals surface area contributed by atoms with E-state index in [9.17, 15) is 4.79 Å². The molecule has 2 atom stereocenters. The molecule has 1 heterocycles. The van der Waals surface area contributed by atoms with E-state index in [-0.39, 0.29) is 5.92 Å². The maximum Gasteiger partial charge on any atom is 0.126 e. The van der Waals surface area contributed by atoms with E-state index in [1.807, 2.05) is 19.1 Å². The highest BCUT2D eigenvalue weighted by atomic mass is 16.1. The summed E-state index contributed by atoms with van der Waals surface area (Å²) in [6, 6.07) is 0.475. The van der Waals surface area contributed by atoms with Crippen molar-refractivity contribution >= 4 is 6.29 Å². The average Bonchev–Trinajstić information content (AvgIpc) is 3.04. The van der Waals surface area contributed by atoms with Crippen molar-refractivity contribution in [3.05, 3.63) is 59.4 Å². The molecular weight excluding hydrogens is 392 g/mol. The van der Waals surface area contributed by atoms with Crippen molar-refractivity contribution in [3.63, 3.8) is 0 Å². The standard InChI is InChI=1S/C18H30N2.C11H12O/c1-15(2)14-17(19-3)16-10-6-4-7-11-18(16)20-12-8-5-9-13-20;1-10(9-12)11-7-5-3-2-4-6-8-11/h4,7,10-11,15,17,19H,5-6,8-9,12-14H2,1-3H3;2-3,7,9-10H,5,8H2,1H3/b;3-2-,11-7+. The van der Waals surface area contributed by atoms with Gasteiger partial charge in [0.15, 0.2) is 0 Å². The van der Waals surface area contributed by atoms with Crippen LogP contribution in [0, 0.1) is 23.7 Å². The molecule has 2 unspecified atom stereocenters. The summed E-state index contributed by atoms with van der Waals surface area (Å²) in [5.41, 5.74) is 4.11. The summed E-state index contributed by atoms with van der Waals surface area (Å²) in [6.07, 6.45) is 24.1. The Bertz CT molecular complexity index is 795. The molecule has 0 aromatic carbocycles. The smallest absolute Gasteiger partial charge is 0.126 e. The summed E-state index contributed by atoms with van der Waals surface area (Å²) in [7, 11) is 2.10. The van der Waals surface area contributed by atoms with Gasteiger partial charge in [-0.25, -0.2) is 0 Å². The number of piperidine rings is 1. The molecule has 0 radical (unpaired) electrons. The van der Waals surface area contributed by atoms with Crippen LogP contribution in [0.1, 0.15) is 65.7 Å². The van der Waals surface area contributed by atoms with Crippen molar-refractivity contribution in [2.45, 2.75) is 71.8 Å². The minimum atomic E-state index is 0.0193. The Kier molecular flexibility index (Phi) is 11.9. The van der Waals surface area contributed by atoms with Gasteiger partial charge in [0, 0.05) is 37.2 Å². The van der Waals surface area contributed by atoms with E-state index in [2.05, 4.69) is 73.3 Å². The maximum absolute atomic E-state index is 10.5. The topological polar surface area (TPSA) is 32.3 Å². The third-order valence-electron chi connectivity index (χ3n) is 6.19. The molecular formula is C29H42N2O. The fourth-order valence-electron chi connectivity index (χ4n) is 4.31. The zero-order valence-corrected chi connectivity index (χ0v) is 20.6. The van der Waals surface area contributed by atoms with Gasteiger partial charge in [-0.05, 0) is 69.2 Å². The van der Waals surface area contributed by atoms with Crippen LogP contribution in [0.3, 0.4) is 0 Å². The van der Waals surface area contributed by atoms with Gasteiger partial charge in [-0.1, -0.05) is 68.6 Å². The summed E-state index contributed by atoms with van der Waals surface area (Å²) in [5, 5.41) is 3.54. The van der Waals surface area contributed by atoms with Gasteiger partial charge in [0.05, 0.1) is 0 Å². The third kappa shape index (κ3) is 8.67. The molecule has 3 heteroatoms. The number of nitrogens with zero attached hydrogens (tertiary/aromatic N) is 1. The molecule has 1 aliphatic heterocycles. The maximum atomic E-state index is 10.5. The second-order valence-electron chi connectivity index (χ2n) is 9.23. The first-order chi connectivity index (χ1) is 15.6. The molecule has 1 fully saturated rings. The molecule has 2 aliphatic carbocycles. The lowest BCUT2D eigenvalue weighted by atomic mass is 9.93. The Labute approximate surface area is 196 Å². The zero-order chi connectivity index (χ0) is 23.2. The summed E-state index contributed by atoms with van der Waals surface area (Å²) < 4.78 is 0. The fraction of sp³-hybridized carbons (Fsp3) is 0.552. The van der Waals surface area contributed by atoms with Gasteiger partial charge in [-0.15, -0.1) is 0 Å². The van der Waals surface area contributed by atoms with Crippen LogP contribution in [0.5, 0.6) is 0 Å². The number of likely N-dealkylation sites (tertiary alicyclic amines) is 1. The Morgan fingerprint density at radius 1 is 1.09 bits per heavy atom. The van der Waals surface area contributed by atoms with Crippen LogP contribution in [0.15, 0.2) is 59.4 Å². The van der Waals surface area contributed by atoms with Crippen LogP contribution >= 0.6 is 0 Å². The molecule has 0 bridgehead atoms. The summed E-state index contributed by atoms with van der Waals surface area (Å²) >= 11 is 0. The largest absolute Gasteiger partial charge is 0.371 e. The van der Waals surface area contributed by atoms with Crippen molar-refractivity contribution in [3.8, 4) is 11.8 Å². The zero-order valence-electron chi connectivity index (χ0n) is 20.6. The summed E-state index contributed by atoms with van der Waals surface area (Å²) in [4.78, 5) is 13.1. The van der Waals surface area contributed by atoms with Crippen LogP contribution in [-0.2, 0) is 4.79 Å². The first kappa shape index (κ1) is 25.9. The first-order valence-corrected chi connectivity index (χ1v) is 12.3. The van der Waals surface area contributed by atoms with Gasteiger partial charge >= 0.3 is 0 Å². The lowest BCUT2D eigenvalue weighted by Crippen LogP contribution is -2.36. The Morgan fingerprint density at radius 3 is 2.53 bits per heavy atom. The third-order valence-corrected chi connectivity index (χ3v) is 6.19. The molecule has 0 aromatic heterocycles. The van der Waals surface area contributed by atoms with E-state index in [0.29, 0.717) is 12.0 Å². The second-order valence-corrected chi connectivity index (χ2v) is 9.23. The van der Waals surface area contributed by atoms with Crippen LogP contribution in [0.4, 0.5) is 0 Å². The van der Waals surface area contributed by atoms with Crippen LogP contribution < -0.4 is 5.32 Å². The number of allylic oxidation sites excluding steroid dienone is 8. The molecule has 174 valence electrons. The summed E-state index contributed by atoms with van der Waals surface area (Å²) in [6.45, 7) is 8.96. The number of aldehydes is 1. The van der Waals surface area contributed by atoms with E-state index < -0.39 is 0 Å². The van der Waals surface area contributed by atoms with Crippen molar-refractivity contribution in [1.29, 1.82) is 0 Å². The molecule has 0 aromatic rings. The predicted molar refractivity (Wildman–Crippen MR) is 137 cm³/mol. The molecule has 32 heavy (non-hydrogen) atoms. The lowest BCUT2D eigenvalue weighted by Gasteiger charge is -2.35. The lowest BCUT2D eigenvalue weighted by molar-refractivity contribution is -0.109. The number of nitrogens with one attached hydrogen (secondary N) is 1. The van der Waals surface area contributed by atoms with E-state index in [4.69, 9.17) is 0 Å². The highest BCUT2D eigenvalue weighted by molar-refractivity contribution is 5.58. The van der Waals surface area contributed by atoms with Gasteiger partial charge in [0.2, 0.25) is 0 Å². The number of hydrogen-bond donors (Lipinski definition) is 1. The highest BCUT2D eigenvalue weighted by Crippen LogP contribution is 2.27. The van der Waals surface area contributed by atoms with Crippen LogP contribution in [-0.4, -0.2) is 37.4 Å². The van der Waals surface area contributed by atoms with Crippen molar-refractivity contribution < 1.29 is 4.79 Å². The summed E-state index contributed by atoms with van der Waals surface area (Å²) in [5.74, 6) is 6.63. The van der Waals surface area contributed by atoms with Crippen molar-refractivity contribution in [2.75, 3.05) is 20.1 Å². The van der Waals surface area contributed by atoms with E-state index in [1.54, 1.807) is 0 Å². The molecule has 3 rings (SSSR count). The minimum Gasteiger partial charge on any atom is -0.371 e. The normalized spacial score (nSPS) is 22.8. The number of carbonyl (C=O) groups is 1. The first-order valence-electron chi connectivity index (χ1n) is 12.3. The fourth-order valence-corrected chi connectivity index (χ4v) is 4.31. The van der Waals surface area contributed by atoms with Crippen molar-refractivity contribution in [2.24, 2.45) is 11.8 Å². The molecule has 1 N–H and O–H groups in total. The van der Waals surface area contributed by atoms with Crippen LogP contribution in [0.2, 0.25) is 0 Å². The van der Waals surface area contributed by atoms with E-state index in [0.717, 1.165) is 31.1 Å². The molecule has 0 spiro atoms. The van der Waals surface area contributed by atoms with Gasteiger partial charge in [-0.2, -0.15) is 0 Å². The minimum absolute atomic E-state index is 0.0193. The van der Waals surface area contributed by atoms with Gasteiger partial charge in [0.1, 0.15) is 6.29 Å². The van der Waals surface area contributed by atoms with Gasteiger partial charge in [0.25, 0.3) is 0 Å². The quantitative estimate of drug-likeness (QED) is 0.304. The molecule has 1 saturated heterocycles. The Hall–Kier alpha value is -2.31. The molecule has 0 saturated carbocycles. The highest BCUT2D eigenvalue weighted by Gasteiger charge is 2.23. The van der Waals surface area contributed by atoms with Gasteiger partial charge in [-0.3, -0.25) is 0 Å². The number of rotatable bonds is 7. The van der Waals surface area contributed by atoms with Crippen molar-refractivity contribution in [1.82, 2.24) is 10.2 Å². The number of hydrogen-bond acceptors (Lipinski definition) is 3. The van der Waals surface area contributed by atoms with E-state index in [1.165, 1.54) is 50.0 Å². The number of carbonyl (C=O) groups excluding carboxylic acids is 1. The Balaban J connectivity index is 0.000000258. The van der Waals surface area contributed by atoms with Crippen LogP contribution in [0.25, 0.3) is 0 Å². The number of likely N-dealkylation sites (N-methyl/N-ethyl adjacent to an activating group) is 1. The molecule has 3 aliphatic rings. The van der Waals surface area contributed by atoms with E-state index >= 15 is 0 Å². The monoisotopic (exact) mass is 434 g/mol. The SMILES string of the molecule is CC(C=O)/C1=C/C/C=C\C#CC1.CNC(CC(C)C)C1=CCC=CC=C1N1CCCCC1. The Morgan fingerprint density at radius 2 is 1.84 bits per heavy atom. The van der Waals surface area contributed by atoms with Gasteiger partial charge < -0.3 is 15.0 Å². The molecule has 0 amide bonds. The average molecular weight is 435 g/mol. The second kappa shape index (κ2) is 14.7. The predicted octanol–water partition coefficient (Wildman–Crippen LogP) is 5.98. The molecule has 3 nitrogen and oxygen atoms in total.